The maximum atomic E-state index is 11.9. The Morgan fingerprint density at radius 2 is 1.32 bits per heavy atom. The number of unbranched alkanes of at least 4 members (excludes halogenated alkanes) is 1. The highest BCUT2D eigenvalue weighted by Crippen LogP contribution is 2.17. The van der Waals surface area contributed by atoms with Crippen molar-refractivity contribution < 1.29 is 9.59 Å². The molecule has 0 aliphatic rings. The van der Waals surface area contributed by atoms with Crippen molar-refractivity contribution in [1.29, 1.82) is 0 Å². The van der Waals surface area contributed by atoms with Gasteiger partial charge in [-0.2, -0.15) is 9.81 Å². The van der Waals surface area contributed by atoms with Gasteiger partial charge < -0.3 is 20.7 Å². The number of aldehydes is 1. The van der Waals surface area contributed by atoms with Crippen molar-refractivity contribution in [3.05, 3.63) is 9.81 Å². The molecule has 0 bridgehead atoms. The first kappa shape index (κ1) is 29.3. The van der Waals surface area contributed by atoms with E-state index in [-0.39, 0.29) is 29.1 Å². The molecule has 0 saturated heterocycles. The Morgan fingerprint density at radius 3 is 1.74 bits per heavy atom. The summed E-state index contributed by atoms with van der Waals surface area (Å²) >= 11 is 0. The zero-order valence-electron chi connectivity index (χ0n) is 20.2. The molecule has 0 aromatic heterocycles. The highest BCUT2D eigenvalue weighted by Gasteiger charge is 2.27. The molecule has 0 spiro atoms. The fourth-order valence-electron chi connectivity index (χ4n) is 3.04. The van der Waals surface area contributed by atoms with E-state index < -0.39 is 0 Å². The summed E-state index contributed by atoms with van der Waals surface area (Å²) in [6.07, 6.45) is 4.77. The van der Waals surface area contributed by atoms with Gasteiger partial charge in [0.1, 0.15) is 18.4 Å². The third-order valence-corrected chi connectivity index (χ3v) is 6.27. The van der Waals surface area contributed by atoms with Gasteiger partial charge >= 0.3 is 0 Å². The second kappa shape index (κ2) is 15.1. The van der Waals surface area contributed by atoms with Crippen molar-refractivity contribution >= 4 is 12.2 Å². The summed E-state index contributed by atoms with van der Waals surface area (Å²) in [7, 11) is 0. The summed E-state index contributed by atoms with van der Waals surface area (Å²) in [6, 6.07) is -0.673. The summed E-state index contributed by atoms with van der Waals surface area (Å²) in [4.78, 5) is 44.0. The first-order chi connectivity index (χ1) is 14.5. The number of nitroso groups, excluding NO2 is 2. The van der Waals surface area contributed by atoms with Crippen LogP contribution in [-0.4, -0.2) is 55.0 Å². The lowest BCUT2D eigenvalue weighted by atomic mass is 9.92. The minimum atomic E-state index is -0.385. The molecule has 0 saturated carbocycles. The van der Waals surface area contributed by atoms with E-state index in [9.17, 15) is 19.4 Å². The van der Waals surface area contributed by atoms with E-state index in [0.29, 0.717) is 31.7 Å². The number of nitrogens with one attached hydrogen (secondary N) is 3. The number of hydrogen-bond donors (Lipinski definition) is 3. The zero-order valence-corrected chi connectivity index (χ0v) is 20.2. The molecule has 180 valence electrons. The standard InChI is InChI=1S/C22H43N5O4/c1-17(26-30)21(3,4)24-14-11-19(10-13-23-20(29)9-7-8-16-28)12-15-25-22(5,6)18(2)27-31/h16-19,24-25H,7-15H2,1-6H3,(H,23,29). The van der Waals surface area contributed by atoms with Gasteiger partial charge in [-0.25, -0.2) is 0 Å². The quantitative estimate of drug-likeness (QED) is 0.160. The number of carbonyl (C=O) groups excluding carboxylic acids is 2. The first-order valence-electron chi connectivity index (χ1n) is 11.4. The van der Waals surface area contributed by atoms with E-state index in [1.165, 1.54) is 0 Å². The largest absolute Gasteiger partial charge is 0.356 e. The minimum Gasteiger partial charge on any atom is -0.356 e. The van der Waals surface area contributed by atoms with Crippen molar-refractivity contribution in [2.24, 2.45) is 16.3 Å². The zero-order chi connectivity index (χ0) is 23.9. The predicted molar refractivity (Wildman–Crippen MR) is 125 cm³/mol. The highest BCUT2D eigenvalue weighted by molar-refractivity contribution is 5.76. The summed E-state index contributed by atoms with van der Waals surface area (Å²) in [6.45, 7) is 13.5. The van der Waals surface area contributed by atoms with Gasteiger partial charge in [-0.05, 0) is 86.2 Å². The molecule has 3 N–H and O–H groups in total. The van der Waals surface area contributed by atoms with Crippen LogP contribution in [0.25, 0.3) is 0 Å². The van der Waals surface area contributed by atoms with E-state index in [2.05, 4.69) is 26.3 Å². The van der Waals surface area contributed by atoms with Crippen LogP contribution in [0.1, 0.15) is 80.1 Å². The van der Waals surface area contributed by atoms with Crippen LogP contribution in [0.15, 0.2) is 10.4 Å². The molecule has 0 radical (unpaired) electrons. The lowest BCUT2D eigenvalue weighted by Gasteiger charge is -2.31. The fourth-order valence-corrected chi connectivity index (χ4v) is 3.04. The van der Waals surface area contributed by atoms with Crippen molar-refractivity contribution in [2.75, 3.05) is 19.6 Å². The minimum absolute atomic E-state index is 0.0316. The summed E-state index contributed by atoms with van der Waals surface area (Å²) in [5, 5.41) is 16.0. The normalized spacial score (nSPS) is 15.0. The Balaban J connectivity index is 4.66. The van der Waals surface area contributed by atoms with Crippen molar-refractivity contribution in [1.82, 2.24) is 16.0 Å². The van der Waals surface area contributed by atoms with Crippen LogP contribution in [0.4, 0.5) is 0 Å². The average molecular weight is 442 g/mol. The van der Waals surface area contributed by atoms with Crippen LogP contribution in [0.2, 0.25) is 0 Å². The van der Waals surface area contributed by atoms with E-state index >= 15 is 0 Å². The molecule has 0 aromatic rings. The molecule has 0 rings (SSSR count). The number of amides is 1. The van der Waals surface area contributed by atoms with Crippen LogP contribution in [-0.2, 0) is 9.59 Å². The topological polar surface area (TPSA) is 129 Å². The van der Waals surface area contributed by atoms with E-state index in [0.717, 1.165) is 38.6 Å². The maximum absolute atomic E-state index is 11.9. The van der Waals surface area contributed by atoms with Crippen LogP contribution < -0.4 is 16.0 Å². The maximum Gasteiger partial charge on any atom is 0.220 e. The van der Waals surface area contributed by atoms with Crippen molar-refractivity contribution in [3.63, 3.8) is 0 Å². The second-order valence-electron chi connectivity index (χ2n) is 9.50. The molecule has 31 heavy (non-hydrogen) atoms. The monoisotopic (exact) mass is 441 g/mol. The van der Waals surface area contributed by atoms with Crippen LogP contribution in [0, 0.1) is 15.7 Å². The van der Waals surface area contributed by atoms with Crippen molar-refractivity contribution in [2.45, 2.75) is 103 Å². The Hall–Kier alpha value is -1.74. The Bertz CT molecular complexity index is 522. The number of rotatable bonds is 19. The first-order valence-corrected chi connectivity index (χ1v) is 11.4. The lowest BCUT2D eigenvalue weighted by Crippen LogP contribution is -2.48. The van der Waals surface area contributed by atoms with Gasteiger partial charge in [-0.1, -0.05) is 10.4 Å². The summed E-state index contributed by atoms with van der Waals surface area (Å²) < 4.78 is 0. The highest BCUT2D eigenvalue weighted by atomic mass is 16.3. The molecular formula is C22H43N5O4. The van der Waals surface area contributed by atoms with Gasteiger partial charge in [0.25, 0.3) is 0 Å². The Labute approximate surface area is 187 Å². The fraction of sp³-hybridized carbons (Fsp3) is 0.909. The van der Waals surface area contributed by atoms with Crippen LogP contribution >= 0.6 is 0 Å². The third-order valence-electron chi connectivity index (χ3n) is 6.27. The molecule has 0 fully saturated rings. The molecule has 1 amide bonds. The molecule has 0 heterocycles. The smallest absolute Gasteiger partial charge is 0.220 e. The number of carbonyl (C=O) groups is 2. The molecule has 0 aromatic carbocycles. The van der Waals surface area contributed by atoms with Crippen LogP contribution in [0.5, 0.6) is 0 Å². The Morgan fingerprint density at radius 1 is 0.871 bits per heavy atom. The van der Waals surface area contributed by atoms with Gasteiger partial charge in [0, 0.05) is 30.5 Å². The second-order valence-corrected chi connectivity index (χ2v) is 9.50. The van der Waals surface area contributed by atoms with E-state index in [4.69, 9.17) is 0 Å². The molecule has 2 atom stereocenters. The lowest BCUT2D eigenvalue weighted by molar-refractivity contribution is -0.121. The van der Waals surface area contributed by atoms with Gasteiger partial charge in [-0.15, -0.1) is 0 Å². The Kier molecular flexibility index (Phi) is 14.3. The van der Waals surface area contributed by atoms with E-state index in [1.54, 1.807) is 13.8 Å². The van der Waals surface area contributed by atoms with Gasteiger partial charge in [0.2, 0.25) is 5.91 Å². The summed E-state index contributed by atoms with van der Waals surface area (Å²) in [5.41, 5.74) is -0.769. The molecule has 2 unspecified atom stereocenters. The molecule has 0 aliphatic heterocycles. The van der Waals surface area contributed by atoms with Gasteiger partial charge in [0.05, 0.1) is 0 Å². The molecule has 0 aliphatic carbocycles. The SMILES string of the molecule is CC(N=O)C(C)(C)NCCC(CCNC(=O)CCCC=O)CCNC(C)(C)C(C)N=O. The summed E-state index contributed by atoms with van der Waals surface area (Å²) in [5.74, 6) is 0.316. The van der Waals surface area contributed by atoms with Gasteiger partial charge in [-0.3, -0.25) is 4.79 Å². The van der Waals surface area contributed by atoms with E-state index in [1.807, 2.05) is 27.7 Å². The average Bonchev–Trinajstić information content (AvgIpc) is 2.71. The molecule has 9 nitrogen and oxygen atoms in total. The number of hydrogen-bond acceptors (Lipinski definition) is 8. The van der Waals surface area contributed by atoms with Gasteiger partial charge in [0.15, 0.2) is 0 Å². The third kappa shape index (κ3) is 12.6. The predicted octanol–water partition coefficient (Wildman–Crippen LogP) is 3.30. The molecule has 9 heteroatoms. The molecular weight excluding hydrogens is 398 g/mol. The van der Waals surface area contributed by atoms with Crippen LogP contribution in [0.3, 0.4) is 0 Å². The number of nitrogens with zero attached hydrogens (tertiary/aromatic N) is 2. The van der Waals surface area contributed by atoms with Crippen molar-refractivity contribution in [3.8, 4) is 0 Å².